The van der Waals surface area contributed by atoms with Crippen molar-refractivity contribution in [3.05, 3.63) is 58.1 Å². The molecule has 0 radical (unpaired) electrons. The number of esters is 1. The van der Waals surface area contributed by atoms with Crippen molar-refractivity contribution < 1.29 is 14.3 Å². The van der Waals surface area contributed by atoms with E-state index < -0.39 is 18.5 Å². The van der Waals surface area contributed by atoms with Gasteiger partial charge in [0.2, 0.25) is 0 Å². The SMILES string of the molecule is CN(C)c1ccc(C(=O)OCC(=O)Nc2cc(Cl)ccc2Cl)cc1. The van der Waals surface area contributed by atoms with Crippen LogP contribution in [-0.2, 0) is 9.53 Å². The maximum absolute atomic E-state index is 11.9. The molecule has 0 aliphatic heterocycles. The molecule has 2 aromatic carbocycles. The second-order valence-electron chi connectivity index (χ2n) is 5.19. The second kappa shape index (κ2) is 8.04. The average molecular weight is 367 g/mol. The van der Waals surface area contributed by atoms with Crippen LogP contribution in [0.25, 0.3) is 0 Å². The number of benzene rings is 2. The fourth-order valence-electron chi connectivity index (χ4n) is 1.89. The summed E-state index contributed by atoms with van der Waals surface area (Å²) in [5.41, 5.74) is 1.69. The van der Waals surface area contributed by atoms with Gasteiger partial charge in [-0.2, -0.15) is 0 Å². The maximum Gasteiger partial charge on any atom is 0.338 e. The van der Waals surface area contributed by atoms with Gasteiger partial charge in [-0.25, -0.2) is 4.79 Å². The van der Waals surface area contributed by atoms with Crippen LogP contribution in [-0.4, -0.2) is 32.6 Å². The minimum absolute atomic E-state index is 0.346. The summed E-state index contributed by atoms with van der Waals surface area (Å²) in [4.78, 5) is 25.7. The smallest absolute Gasteiger partial charge is 0.338 e. The number of anilines is 2. The van der Waals surface area contributed by atoms with Gasteiger partial charge in [-0.3, -0.25) is 4.79 Å². The number of carbonyl (C=O) groups is 2. The first-order valence-corrected chi connectivity index (χ1v) is 7.82. The highest BCUT2D eigenvalue weighted by molar-refractivity contribution is 6.35. The summed E-state index contributed by atoms with van der Waals surface area (Å²) in [5.74, 6) is -1.08. The first-order chi connectivity index (χ1) is 11.4. The van der Waals surface area contributed by atoms with E-state index in [-0.39, 0.29) is 0 Å². The summed E-state index contributed by atoms with van der Waals surface area (Å²) in [6.45, 7) is -0.420. The van der Waals surface area contributed by atoms with Crippen molar-refractivity contribution in [3.8, 4) is 0 Å². The molecule has 1 amide bonds. The van der Waals surface area contributed by atoms with Crippen LogP contribution in [0.1, 0.15) is 10.4 Å². The van der Waals surface area contributed by atoms with E-state index in [1.165, 1.54) is 6.07 Å². The van der Waals surface area contributed by atoms with Gasteiger partial charge in [0, 0.05) is 24.8 Å². The summed E-state index contributed by atoms with van der Waals surface area (Å²) in [5, 5.41) is 3.33. The molecule has 0 bridgehead atoms. The lowest BCUT2D eigenvalue weighted by atomic mass is 10.2. The Morgan fingerprint density at radius 2 is 1.75 bits per heavy atom. The predicted molar refractivity (Wildman–Crippen MR) is 96.1 cm³/mol. The number of nitrogens with one attached hydrogen (secondary N) is 1. The normalized spacial score (nSPS) is 10.2. The number of amides is 1. The zero-order valence-corrected chi connectivity index (χ0v) is 14.7. The molecule has 2 aromatic rings. The number of rotatable bonds is 5. The molecule has 0 fully saturated rings. The number of halogens is 2. The van der Waals surface area contributed by atoms with Crippen molar-refractivity contribution in [3.63, 3.8) is 0 Å². The molecule has 1 N–H and O–H groups in total. The zero-order valence-electron chi connectivity index (χ0n) is 13.2. The Morgan fingerprint density at radius 1 is 1.08 bits per heavy atom. The van der Waals surface area contributed by atoms with Crippen LogP contribution in [0.15, 0.2) is 42.5 Å². The lowest BCUT2D eigenvalue weighted by Gasteiger charge is -2.12. The van der Waals surface area contributed by atoms with Crippen LogP contribution in [0.3, 0.4) is 0 Å². The first kappa shape index (κ1) is 18.1. The Labute approximate surface area is 150 Å². The Hall–Kier alpha value is -2.24. The van der Waals surface area contributed by atoms with Crippen molar-refractivity contribution >= 4 is 46.5 Å². The van der Waals surface area contributed by atoms with Gasteiger partial charge in [0.05, 0.1) is 16.3 Å². The van der Waals surface area contributed by atoms with Crippen LogP contribution in [0.4, 0.5) is 11.4 Å². The van der Waals surface area contributed by atoms with Gasteiger partial charge >= 0.3 is 5.97 Å². The molecule has 24 heavy (non-hydrogen) atoms. The summed E-state index contributed by atoms with van der Waals surface area (Å²) < 4.78 is 4.99. The van der Waals surface area contributed by atoms with Crippen molar-refractivity contribution in [1.82, 2.24) is 0 Å². The Morgan fingerprint density at radius 3 is 2.38 bits per heavy atom. The molecule has 126 valence electrons. The zero-order chi connectivity index (χ0) is 17.7. The second-order valence-corrected chi connectivity index (χ2v) is 6.03. The van der Waals surface area contributed by atoms with Crippen molar-refractivity contribution in [2.75, 3.05) is 30.9 Å². The molecule has 5 nitrogen and oxygen atoms in total. The lowest BCUT2D eigenvalue weighted by molar-refractivity contribution is -0.119. The quantitative estimate of drug-likeness (QED) is 0.816. The Bertz CT molecular complexity index is 746. The minimum atomic E-state index is -0.576. The van der Waals surface area contributed by atoms with Crippen LogP contribution in [0, 0.1) is 0 Å². The van der Waals surface area contributed by atoms with E-state index in [1.807, 2.05) is 19.0 Å². The average Bonchev–Trinajstić information content (AvgIpc) is 2.56. The van der Waals surface area contributed by atoms with Crippen molar-refractivity contribution in [2.45, 2.75) is 0 Å². The summed E-state index contributed by atoms with van der Waals surface area (Å²) in [6, 6.07) is 11.6. The standard InChI is InChI=1S/C17H16Cl2N2O3/c1-21(2)13-6-3-11(4-7-13)17(23)24-10-16(22)20-15-9-12(18)5-8-14(15)19/h3-9H,10H2,1-2H3,(H,20,22). The third-order valence-electron chi connectivity index (χ3n) is 3.16. The largest absolute Gasteiger partial charge is 0.452 e. The van der Waals surface area contributed by atoms with E-state index in [0.29, 0.717) is 21.3 Å². The van der Waals surface area contributed by atoms with Gasteiger partial charge in [0.15, 0.2) is 6.61 Å². The van der Waals surface area contributed by atoms with Gasteiger partial charge in [-0.05, 0) is 42.5 Å². The molecular formula is C17H16Cl2N2O3. The molecule has 0 heterocycles. The third-order valence-corrected chi connectivity index (χ3v) is 3.72. The molecule has 7 heteroatoms. The molecule has 2 rings (SSSR count). The topological polar surface area (TPSA) is 58.6 Å². The van der Waals surface area contributed by atoms with Gasteiger partial charge in [0.25, 0.3) is 5.91 Å². The van der Waals surface area contributed by atoms with Gasteiger partial charge < -0.3 is 15.0 Å². The van der Waals surface area contributed by atoms with Gasteiger partial charge in [-0.15, -0.1) is 0 Å². The predicted octanol–water partition coefficient (Wildman–Crippen LogP) is 3.85. The van der Waals surface area contributed by atoms with E-state index in [4.69, 9.17) is 27.9 Å². The number of nitrogens with zero attached hydrogens (tertiary/aromatic N) is 1. The molecule has 0 saturated heterocycles. The number of hydrogen-bond donors (Lipinski definition) is 1. The lowest BCUT2D eigenvalue weighted by Crippen LogP contribution is -2.21. The molecule has 0 saturated carbocycles. The fourth-order valence-corrected chi connectivity index (χ4v) is 2.23. The number of hydrogen-bond acceptors (Lipinski definition) is 4. The Kier molecular flexibility index (Phi) is 6.06. The highest BCUT2D eigenvalue weighted by Crippen LogP contribution is 2.25. The van der Waals surface area contributed by atoms with Crippen molar-refractivity contribution in [2.24, 2.45) is 0 Å². The van der Waals surface area contributed by atoms with Crippen LogP contribution in [0.2, 0.25) is 10.0 Å². The molecule has 0 aliphatic carbocycles. The number of ether oxygens (including phenoxy) is 1. The molecule has 0 unspecified atom stereocenters. The summed E-state index contributed by atoms with van der Waals surface area (Å²) >= 11 is 11.8. The van der Waals surface area contributed by atoms with Crippen LogP contribution < -0.4 is 10.2 Å². The minimum Gasteiger partial charge on any atom is -0.452 e. The Balaban J connectivity index is 1.91. The van der Waals surface area contributed by atoms with Crippen LogP contribution >= 0.6 is 23.2 Å². The molecule has 0 atom stereocenters. The van der Waals surface area contributed by atoms with E-state index in [0.717, 1.165) is 5.69 Å². The third kappa shape index (κ3) is 4.88. The molecule has 0 aromatic heterocycles. The fraction of sp³-hybridized carbons (Fsp3) is 0.176. The summed E-state index contributed by atoms with van der Waals surface area (Å²) in [7, 11) is 3.80. The monoisotopic (exact) mass is 366 g/mol. The molecule has 0 aliphatic rings. The van der Waals surface area contributed by atoms with Gasteiger partial charge in [0.1, 0.15) is 0 Å². The highest BCUT2D eigenvalue weighted by atomic mass is 35.5. The summed E-state index contributed by atoms with van der Waals surface area (Å²) in [6.07, 6.45) is 0. The van der Waals surface area contributed by atoms with E-state index in [9.17, 15) is 9.59 Å². The maximum atomic E-state index is 11.9. The van der Waals surface area contributed by atoms with E-state index >= 15 is 0 Å². The molecule has 0 spiro atoms. The van der Waals surface area contributed by atoms with E-state index in [1.54, 1.807) is 36.4 Å². The van der Waals surface area contributed by atoms with E-state index in [2.05, 4.69) is 5.32 Å². The van der Waals surface area contributed by atoms with Crippen LogP contribution in [0.5, 0.6) is 0 Å². The highest BCUT2D eigenvalue weighted by Gasteiger charge is 2.12. The molecular weight excluding hydrogens is 351 g/mol. The number of carbonyl (C=O) groups excluding carboxylic acids is 2. The first-order valence-electron chi connectivity index (χ1n) is 7.06. The van der Waals surface area contributed by atoms with Crippen molar-refractivity contribution in [1.29, 1.82) is 0 Å². The van der Waals surface area contributed by atoms with Gasteiger partial charge in [-0.1, -0.05) is 23.2 Å².